The molecule has 0 rings (SSSR count). The maximum absolute atomic E-state index is 9.87. The third-order valence-corrected chi connectivity index (χ3v) is 0.785. The highest BCUT2D eigenvalue weighted by atomic mass is 31.0. The van der Waals surface area contributed by atoms with Crippen molar-refractivity contribution in [3.05, 3.63) is 0 Å². The van der Waals surface area contributed by atoms with Crippen molar-refractivity contribution in [2.24, 2.45) is 5.73 Å². The van der Waals surface area contributed by atoms with Gasteiger partial charge in [-0.05, 0) is 0 Å². The lowest BCUT2D eigenvalue weighted by atomic mass is 10.3. The van der Waals surface area contributed by atoms with Crippen molar-refractivity contribution in [2.75, 3.05) is 6.61 Å². The molecule has 0 fully saturated rings. The molecule has 4 nitrogen and oxygen atoms in total. The quantitative estimate of drug-likeness (QED) is 0.500. The van der Waals surface area contributed by atoms with Gasteiger partial charge in [0.1, 0.15) is 6.04 Å². The lowest BCUT2D eigenvalue weighted by Crippen LogP contribution is -2.33. The first-order chi connectivity index (χ1) is 3.68. The Kier molecular flexibility index (Phi) is 3.69. The van der Waals surface area contributed by atoms with Crippen LogP contribution in [0.1, 0.15) is 0 Å². The predicted molar refractivity (Wildman–Crippen MR) is 31.3 cm³/mol. The molecule has 0 aromatic rings. The van der Waals surface area contributed by atoms with E-state index in [1.165, 1.54) is 0 Å². The van der Waals surface area contributed by atoms with Crippen LogP contribution in [0.25, 0.3) is 0 Å². The summed E-state index contributed by atoms with van der Waals surface area (Å²) in [5.74, 6) is -1.05. The van der Waals surface area contributed by atoms with Crippen molar-refractivity contribution < 1.29 is 14.4 Å². The highest BCUT2D eigenvalue weighted by molar-refractivity contribution is 7.09. The average Bonchev–Trinajstić information content (AvgIpc) is 1.67. The second-order valence-electron chi connectivity index (χ2n) is 1.28. The van der Waals surface area contributed by atoms with Crippen LogP contribution in [0.2, 0.25) is 0 Å². The summed E-state index contributed by atoms with van der Waals surface area (Å²) in [5.41, 5.74) is 4.99. The lowest BCUT2D eigenvalue weighted by Gasteiger charge is -2.01. The van der Waals surface area contributed by atoms with Crippen molar-refractivity contribution in [3.63, 3.8) is 0 Å². The highest BCUT2D eigenvalue weighted by Crippen LogP contribution is 1.86. The number of hydrogen-bond acceptors (Lipinski definition) is 3. The van der Waals surface area contributed by atoms with E-state index in [0.717, 1.165) is 0 Å². The molecule has 0 aromatic carbocycles. The van der Waals surface area contributed by atoms with E-state index in [4.69, 9.17) is 10.8 Å². The van der Waals surface area contributed by atoms with E-state index in [0.29, 0.717) is 0 Å². The van der Waals surface area contributed by atoms with Crippen molar-refractivity contribution in [2.45, 2.75) is 6.04 Å². The zero-order chi connectivity index (χ0) is 6.57. The summed E-state index contributed by atoms with van der Waals surface area (Å²) in [6.07, 6.45) is 0. The Balaban J connectivity index is 3.32. The minimum absolute atomic E-state index is 0.0278. The van der Waals surface area contributed by atoms with Crippen molar-refractivity contribution in [1.82, 2.24) is 0 Å². The molecule has 5 heteroatoms. The Morgan fingerprint density at radius 1 is 2.00 bits per heavy atom. The summed E-state index contributed by atoms with van der Waals surface area (Å²) < 4.78 is 4.38. The predicted octanol–water partition coefficient (Wildman–Crippen LogP) is -0.795. The number of carbonyl (C=O) groups is 1. The molecule has 3 N–H and O–H groups in total. The molecule has 0 spiro atoms. The third-order valence-electron chi connectivity index (χ3n) is 0.593. The van der Waals surface area contributed by atoms with Gasteiger partial charge in [0, 0.05) is 9.47 Å². The van der Waals surface area contributed by atoms with Gasteiger partial charge in [0.05, 0.1) is 6.61 Å². The topological polar surface area (TPSA) is 72.5 Å². The molecule has 8 heavy (non-hydrogen) atoms. The van der Waals surface area contributed by atoms with E-state index in [1.54, 1.807) is 0 Å². The van der Waals surface area contributed by atoms with Crippen LogP contribution in [-0.2, 0) is 9.32 Å². The van der Waals surface area contributed by atoms with E-state index in [1.807, 2.05) is 9.47 Å². The van der Waals surface area contributed by atoms with Crippen LogP contribution in [0.15, 0.2) is 0 Å². The molecule has 0 aromatic heterocycles. The molecular formula is C3H8NO3P. The average molecular weight is 137 g/mol. The van der Waals surface area contributed by atoms with Crippen molar-refractivity contribution in [1.29, 1.82) is 0 Å². The molecule has 0 bridgehead atoms. The van der Waals surface area contributed by atoms with Crippen LogP contribution in [0, 0.1) is 0 Å². The molecule has 0 amide bonds. The van der Waals surface area contributed by atoms with Gasteiger partial charge >= 0.3 is 5.97 Å². The van der Waals surface area contributed by atoms with Crippen LogP contribution in [-0.4, -0.2) is 23.7 Å². The minimum Gasteiger partial charge on any atom is -0.480 e. The second-order valence-corrected chi connectivity index (χ2v) is 1.61. The number of nitrogens with two attached hydrogens (primary N) is 1. The van der Waals surface area contributed by atoms with Gasteiger partial charge in [0.15, 0.2) is 0 Å². The van der Waals surface area contributed by atoms with Gasteiger partial charge in [-0.15, -0.1) is 0 Å². The van der Waals surface area contributed by atoms with Crippen molar-refractivity contribution in [3.8, 4) is 0 Å². The third kappa shape index (κ3) is 2.91. The number of rotatable bonds is 3. The number of aliphatic carboxylic acids is 1. The second kappa shape index (κ2) is 3.78. The number of hydrogen-bond donors (Lipinski definition) is 2. The molecule has 0 saturated heterocycles. The van der Waals surface area contributed by atoms with Gasteiger partial charge in [-0.2, -0.15) is 0 Å². The fourth-order valence-electron chi connectivity index (χ4n) is 0.175. The molecule has 0 aliphatic heterocycles. The van der Waals surface area contributed by atoms with E-state index in [9.17, 15) is 4.79 Å². The Labute approximate surface area is 49.3 Å². The van der Waals surface area contributed by atoms with E-state index in [-0.39, 0.29) is 6.61 Å². The minimum atomic E-state index is -1.05. The Morgan fingerprint density at radius 2 is 2.50 bits per heavy atom. The monoisotopic (exact) mass is 137 g/mol. The van der Waals surface area contributed by atoms with Gasteiger partial charge < -0.3 is 15.4 Å². The zero-order valence-corrected chi connectivity index (χ0v) is 5.36. The highest BCUT2D eigenvalue weighted by Gasteiger charge is 2.08. The largest absolute Gasteiger partial charge is 0.480 e. The number of carboxylic acids is 1. The van der Waals surface area contributed by atoms with Gasteiger partial charge in [-0.25, -0.2) is 0 Å². The lowest BCUT2D eigenvalue weighted by molar-refractivity contribution is -0.139. The number of carboxylic acid groups (broad SMARTS) is 1. The Bertz CT molecular complexity index is 86.6. The maximum Gasteiger partial charge on any atom is 0.322 e. The van der Waals surface area contributed by atoms with Crippen LogP contribution in [0.3, 0.4) is 0 Å². The van der Waals surface area contributed by atoms with Crippen LogP contribution in [0.4, 0.5) is 0 Å². The summed E-state index contributed by atoms with van der Waals surface area (Å²) in [4.78, 5) is 9.87. The summed E-state index contributed by atoms with van der Waals surface area (Å²) in [6.45, 7) is 0.0278. The Morgan fingerprint density at radius 3 is 2.62 bits per heavy atom. The molecule has 48 valence electrons. The smallest absolute Gasteiger partial charge is 0.322 e. The molecule has 0 radical (unpaired) electrons. The first-order valence-corrected chi connectivity index (χ1v) is 2.45. The van der Waals surface area contributed by atoms with Gasteiger partial charge in [-0.3, -0.25) is 4.79 Å². The fraction of sp³-hybridized carbons (Fsp3) is 0.667. The molecule has 0 aliphatic rings. The normalized spacial score (nSPS) is 13.2. The summed E-state index contributed by atoms with van der Waals surface area (Å²) >= 11 is 0. The standard InChI is InChI=1S/C3H8NO3P/c4-2(1-7-8)3(5)6/h2H,1,4,8H2,(H,5,6)/t2-/m0/s1. The van der Waals surface area contributed by atoms with E-state index in [2.05, 4.69) is 4.52 Å². The molecular weight excluding hydrogens is 129 g/mol. The molecule has 1 unspecified atom stereocenters. The SMILES string of the molecule is N[C@@H](COP)C(=O)O. The van der Waals surface area contributed by atoms with E-state index >= 15 is 0 Å². The first-order valence-electron chi connectivity index (χ1n) is 1.98. The van der Waals surface area contributed by atoms with Gasteiger partial charge in [0.2, 0.25) is 0 Å². The Hall–Kier alpha value is -0.180. The molecule has 0 saturated carbocycles. The summed E-state index contributed by atoms with van der Waals surface area (Å²) in [7, 11) is 1.93. The summed E-state index contributed by atoms with van der Waals surface area (Å²) in [6, 6.07) is -0.910. The van der Waals surface area contributed by atoms with E-state index < -0.39 is 12.0 Å². The maximum atomic E-state index is 9.87. The van der Waals surface area contributed by atoms with Crippen LogP contribution >= 0.6 is 9.47 Å². The van der Waals surface area contributed by atoms with Crippen LogP contribution < -0.4 is 5.73 Å². The molecule has 2 atom stereocenters. The van der Waals surface area contributed by atoms with Crippen LogP contribution in [0.5, 0.6) is 0 Å². The van der Waals surface area contributed by atoms with Gasteiger partial charge in [0.25, 0.3) is 0 Å². The van der Waals surface area contributed by atoms with Gasteiger partial charge in [-0.1, -0.05) is 0 Å². The fourth-order valence-corrected chi connectivity index (χ4v) is 0.382. The zero-order valence-electron chi connectivity index (χ0n) is 4.20. The molecule has 0 heterocycles. The first kappa shape index (κ1) is 7.82. The summed E-state index contributed by atoms with van der Waals surface area (Å²) in [5, 5.41) is 8.10. The molecule has 0 aliphatic carbocycles. The van der Waals surface area contributed by atoms with Crippen molar-refractivity contribution >= 4 is 15.4 Å².